The summed E-state index contributed by atoms with van der Waals surface area (Å²) < 4.78 is 0. The predicted molar refractivity (Wildman–Crippen MR) is 63.9 cm³/mol. The summed E-state index contributed by atoms with van der Waals surface area (Å²) in [6.07, 6.45) is 1.55. The van der Waals surface area contributed by atoms with E-state index in [2.05, 4.69) is 10.5 Å². The number of para-hydroxylation sites is 1. The number of carbonyl (C=O) groups excluding carboxylic acids is 1. The number of nitro groups is 1. The molecule has 1 amide bonds. The first kappa shape index (κ1) is 12.8. The Morgan fingerprint density at radius 1 is 1.47 bits per heavy atom. The summed E-state index contributed by atoms with van der Waals surface area (Å²) >= 11 is 0. The summed E-state index contributed by atoms with van der Waals surface area (Å²) in [5.41, 5.74) is 2.02. The van der Waals surface area contributed by atoms with Gasteiger partial charge < -0.3 is 0 Å². The van der Waals surface area contributed by atoms with Gasteiger partial charge >= 0.3 is 0 Å². The second-order valence-electron chi connectivity index (χ2n) is 3.74. The Balaban J connectivity index is 2.86. The summed E-state index contributed by atoms with van der Waals surface area (Å²) in [7, 11) is 0. The zero-order valence-corrected chi connectivity index (χ0v) is 9.58. The minimum absolute atomic E-state index is 0.00148. The zero-order valence-electron chi connectivity index (χ0n) is 9.58. The van der Waals surface area contributed by atoms with Crippen molar-refractivity contribution in [3.63, 3.8) is 0 Å². The van der Waals surface area contributed by atoms with Gasteiger partial charge in [-0.05, 0) is 12.0 Å². The molecular formula is C11H13N3O3. The lowest BCUT2D eigenvalue weighted by Crippen LogP contribution is -2.19. The number of nitro benzene ring substituents is 1. The first-order valence-electron chi connectivity index (χ1n) is 5.09. The fraction of sp³-hybridized carbons (Fsp3) is 0.273. The summed E-state index contributed by atoms with van der Waals surface area (Å²) in [6.45, 7) is 3.81. The highest BCUT2D eigenvalue weighted by molar-refractivity contribution is 5.98. The van der Waals surface area contributed by atoms with Crippen molar-refractivity contribution in [1.29, 1.82) is 0 Å². The molecule has 6 nitrogen and oxygen atoms in total. The van der Waals surface area contributed by atoms with Crippen LogP contribution in [0.1, 0.15) is 24.2 Å². The Bertz CT molecular complexity index is 455. The van der Waals surface area contributed by atoms with Crippen LogP contribution in [-0.2, 0) is 0 Å². The van der Waals surface area contributed by atoms with E-state index >= 15 is 0 Å². The molecule has 1 rings (SSSR count). The molecule has 0 aliphatic heterocycles. The molecule has 17 heavy (non-hydrogen) atoms. The largest absolute Gasteiger partial charge is 0.282 e. The van der Waals surface area contributed by atoms with E-state index in [-0.39, 0.29) is 17.2 Å². The van der Waals surface area contributed by atoms with Gasteiger partial charge in [0.1, 0.15) is 5.56 Å². The number of hydrazone groups is 1. The van der Waals surface area contributed by atoms with Gasteiger partial charge in [-0.3, -0.25) is 14.9 Å². The van der Waals surface area contributed by atoms with E-state index in [1.54, 1.807) is 12.3 Å². The standard InChI is InChI=1S/C11H13N3O3/c1-8(2)7-12-13-11(15)9-5-3-4-6-10(9)14(16)17/h3-8H,1-2H3,(H,13,15). The Morgan fingerprint density at radius 3 is 2.71 bits per heavy atom. The predicted octanol–water partition coefficient (Wildman–Crippen LogP) is 1.97. The molecule has 1 N–H and O–H groups in total. The third-order valence-corrected chi connectivity index (χ3v) is 1.88. The maximum Gasteiger partial charge on any atom is 0.282 e. The van der Waals surface area contributed by atoms with Gasteiger partial charge in [0.25, 0.3) is 11.6 Å². The molecule has 6 heteroatoms. The highest BCUT2D eigenvalue weighted by atomic mass is 16.6. The van der Waals surface area contributed by atoms with Gasteiger partial charge in [0.05, 0.1) is 4.92 Å². The highest BCUT2D eigenvalue weighted by Crippen LogP contribution is 2.17. The average Bonchev–Trinajstić information content (AvgIpc) is 2.28. The third kappa shape index (κ3) is 3.67. The first-order valence-corrected chi connectivity index (χ1v) is 5.09. The van der Waals surface area contributed by atoms with E-state index < -0.39 is 10.8 Å². The van der Waals surface area contributed by atoms with Gasteiger partial charge in [-0.1, -0.05) is 26.0 Å². The van der Waals surface area contributed by atoms with E-state index in [9.17, 15) is 14.9 Å². The third-order valence-electron chi connectivity index (χ3n) is 1.88. The van der Waals surface area contributed by atoms with Crippen molar-refractivity contribution in [2.24, 2.45) is 11.0 Å². The van der Waals surface area contributed by atoms with Crippen LogP contribution in [0.4, 0.5) is 5.69 Å². The molecule has 0 saturated carbocycles. The van der Waals surface area contributed by atoms with Crippen LogP contribution in [0.15, 0.2) is 29.4 Å². The normalized spacial score (nSPS) is 10.8. The molecule has 0 bridgehead atoms. The van der Waals surface area contributed by atoms with Gasteiger partial charge in [-0.2, -0.15) is 5.10 Å². The quantitative estimate of drug-likeness (QED) is 0.491. The molecule has 0 fully saturated rings. The second-order valence-corrected chi connectivity index (χ2v) is 3.74. The molecule has 0 atom stereocenters. The lowest BCUT2D eigenvalue weighted by molar-refractivity contribution is -0.385. The van der Waals surface area contributed by atoms with Gasteiger partial charge in [0.15, 0.2) is 0 Å². The number of rotatable bonds is 4. The Hall–Kier alpha value is -2.24. The molecule has 0 radical (unpaired) electrons. The molecule has 0 aliphatic rings. The molecule has 0 spiro atoms. The van der Waals surface area contributed by atoms with Crippen LogP contribution < -0.4 is 5.43 Å². The van der Waals surface area contributed by atoms with Crippen molar-refractivity contribution in [2.45, 2.75) is 13.8 Å². The smallest absolute Gasteiger partial charge is 0.267 e. The SMILES string of the molecule is CC(C)C=NNC(=O)c1ccccc1[N+](=O)[O-]. The van der Waals surface area contributed by atoms with E-state index in [0.29, 0.717) is 0 Å². The summed E-state index contributed by atoms with van der Waals surface area (Å²) in [5.74, 6) is -0.393. The van der Waals surface area contributed by atoms with Crippen molar-refractivity contribution >= 4 is 17.8 Å². The van der Waals surface area contributed by atoms with Gasteiger partial charge in [0, 0.05) is 12.3 Å². The lowest BCUT2D eigenvalue weighted by Gasteiger charge is -2.01. The Labute approximate surface area is 98.5 Å². The van der Waals surface area contributed by atoms with Crippen molar-refractivity contribution in [1.82, 2.24) is 5.43 Å². The zero-order chi connectivity index (χ0) is 12.8. The lowest BCUT2D eigenvalue weighted by atomic mass is 10.2. The van der Waals surface area contributed by atoms with Crippen LogP contribution >= 0.6 is 0 Å². The van der Waals surface area contributed by atoms with Crippen LogP contribution in [0, 0.1) is 16.0 Å². The summed E-state index contributed by atoms with van der Waals surface area (Å²) in [4.78, 5) is 21.7. The van der Waals surface area contributed by atoms with Crippen LogP contribution in [0.25, 0.3) is 0 Å². The van der Waals surface area contributed by atoms with Gasteiger partial charge in [0.2, 0.25) is 0 Å². The fourth-order valence-corrected chi connectivity index (χ4v) is 1.13. The minimum Gasteiger partial charge on any atom is -0.267 e. The van der Waals surface area contributed by atoms with E-state index in [1.807, 2.05) is 13.8 Å². The topological polar surface area (TPSA) is 84.6 Å². The molecule has 0 aliphatic carbocycles. The van der Waals surface area contributed by atoms with Crippen LogP contribution in [-0.4, -0.2) is 17.0 Å². The summed E-state index contributed by atoms with van der Waals surface area (Å²) in [6, 6.07) is 5.74. The first-order chi connectivity index (χ1) is 8.02. The van der Waals surface area contributed by atoms with E-state index in [4.69, 9.17) is 0 Å². The second kappa shape index (κ2) is 5.74. The number of amides is 1. The maximum absolute atomic E-state index is 11.6. The number of hydrogen-bond donors (Lipinski definition) is 1. The number of carbonyl (C=O) groups is 1. The maximum atomic E-state index is 11.6. The number of nitrogens with one attached hydrogen (secondary N) is 1. The van der Waals surface area contributed by atoms with Gasteiger partial charge in [-0.25, -0.2) is 5.43 Å². The summed E-state index contributed by atoms with van der Waals surface area (Å²) in [5, 5.41) is 14.4. The van der Waals surface area contributed by atoms with Crippen LogP contribution in [0.3, 0.4) is 0 Å². The highest BCUT2D eigenvalue weighted by Gasteiger charge is 2.18. The molecule has 1 aromatic rings. The molecular weight excluding hydrogens is 222 g/mol. The van der Waals surface area contributed by atoms with E-state index in [1.165, 1.54) is 18.2 Å². The minimum atomic E-state index is -0.596. The van der Waals surface area contributed by atoms with Crippen molar-refractivity contribution in [2.75, 3.05) is 0 Å². The van der Waals surface area contributed by atoms with Crippen LogP contribution in [0.5, 0.6) is 0 Å². The number of benzene rings is 1. The Kier molecular flexibility index (Phi) is 4.33. The molecule has 90 valence electrons. The van der Waals surface area contributed by atoms with Crippen LogP contribution in [0.2, 0.25) is 0 Å². The molecule has 0 unspecified atom stereocenters. The monoisotopic (exact) mass is 235 g/mol. The molecule has 0 aromatic heterocycles. The van der Waals surface area contributed by atoms with Crippen molar-refractivity contribution in [3.05, 3.63) is 39.9 Å². The number of nitrogens with zero attached hydrogens (tertiary/aromatic N) is 2. The number of hydrogen-bond acceptors (Lipinski definition) is 4. The van der Waals surface area contributed by atoms with Gasteiger partial charge in [-0.15, -0.1) is 0 Å². The molecule has 0 heterocycles. The molecule has 1 aromatic carbocycles. The van der Waals surface area contributed by atoms with Crippen molar-refractivity contribution in [3.8, 4) is 0 Å². The fourth-order valence-electron chi connectivity index (χ4n) is 1.13. The molecule has 0 saturated heterocycles. The average molecular weight is 235 g/mol. The van der Waals surface area contributed by atoms with E-state index in [0.717, 1.165) is 0 Å². The van der Waals surface area contributed by atoms with Crippen molar-refractivity contribution < 1.29 is 9.72 Å². The Morgan fingerprint density at radius 2 is 2.12 bits per heavy atom.